The number of allylic oxidation sites excluding steroid dienone is 1. The lowest BCUT2D eigenvalue weighted by Crippen LogP contribution is -2.32. The smallest absolute Gasteiger partial charge is 0.223 e. The van der Waals surface area contributed by atoms with Crippen LogP contribution < -0.4 is 5.32 Å². The number of carbonyl (C=O) groups is 1. The Labute approximate surface area is 126 Å². The number of anilines is 1. The Kier molecular flexibility index (Phi) is 5.54. The molecule has 1 amide bonds. The van der Waals surface area contributed by atoms with E-state index in [-0.39, 0.29) is 5.91 Å². The van der Waals surface area contributed by atoms with Gasteiger partial charge in [0.25, 0.3) is 0 Å². The summed E-state index contributed by atoms with van der Waals surface area (Å²) in [6.07, 6.45) is 6.51. The van der Waals surface area contributed by atoms with Crippen molar-refractivity contribution in [3.05, 3.63) is 22.1 Å². The van der Waals surface area contributed by atoms with Crippen molar-refractivity contribution in [1.82, 2.24) is 9.88 Å². The van der Waals surface area contributed by atoms with Crippen LogP contribution in [-0.2, 0) is 11.3 Å². The van der Waals surface area contributed by atoms with Crippen LogP contribution in [0.2, 0.25) is 0 Å². The van der Waals surface area contributed by atoms with Gasteiger partial charge in [-0.15, -0.1) is 11.3 Å². The summed E-state index contributed by atoms with van der Waals surface area (Å²) in [4.78, 5) is 20.8. The minimum atomic E-state index is -0.0664. The number of halogens is 1. The largest absolute Gasteiger partial charge is 0.302 e. The summed E-state index contributed by atoms with van der Waals surface area (Å²) in [7, 11) is 0. The number of rotatable bonds is 4. The number of carbonyl (C=O) groups excluding carboxylic acids is 1. The average Bonchev–Trinajstić information content (AvgIpc) is 2.78. The molecule has 2 rings (SSSR count). The van der Waals surface area contributed by atoms with Gasteiger partial charge in [0.15, 0.2) is 5.13 Å². The van der Waals surface area contributed by atoms with Crippen LogP contribution >= 0.6 is 27.3 Å². The first-order chi connectivity index (χ1) is 9.17. The van der Waals surface area contributed by atoms with Crippen molar-refractivity contribution in [1.29, 1.82) is 0 Å². The van der Waals surface area contributed by atoms with Gasteiger partial charge in [-0.05, 0) is 36.8 Å². The van der Waals surface area contributed by atoms with E-state index in [1.54, 1.807) is 11.3 Å². The minimum absolute atomic E-state index is 0.0664. The SMILES string of the molecule is CC(=O)Nc1ncc(CN2CCC(C=CBr)CC2)s1. The van der Waals surface area contributed by atoms with E-state index < -0.39 is 0 Å². The highest BCUT2D eigenvalue weighted by Crippen LogP contribution is 2.24. The number of thiazole rings is 1. The lowest BCUT2D eigenvalue weighted by Gasteiger charge is -2.29. The first kappa shape index (κ1) is 14.7. The van der Waals surface area contributed by atoms with E-state index in [1.165, 1.54) is 24.6 Å². The predicted molar refractivity (Wildman–Crippen MR) is 82.5 cm³/mol. The second-order valence-electron chi connectivity index (χ2n) is 4.74. The molecule has 1 aromatic heterocycles. The molecule has 6 heteroatoms. The third kappa shape index (κ3) is 4.71. The number of hydrogen-bond acceptors (Lipinski definition) is 4. The van der Waals surface area contributed by atoms with Gasteiger partial charge in [0.1, 0.15) is 0 Å². The maximum Gasteiger partial charge on any atom is 0.223 e. The molecule has 0 radical (unpaired) electrons. The molecule has 1 aliphatic rings. The van der Waals surface area contributed by atoms with Gasteiger partial charge in [0.05, 0.1) is 0 Å². The summed E-state index contributed by atoms with van der Waals surface area (Å²) in [5, 5.41) is 3.42. The predicted octanol–water partition coefficient (Wildman–Crippen LogP) is 3.22. The molecule has 4 nitrogen and oxygen atoms in total. The Morgan fingerprint density at radius 1 is 1.63 bits per heavy atom. The van der Waals surface area contributed by atoms with Gasteiger partial charge in [-0.25, -0.2) is 4.98 Å². The molecule has 0 aliphatic carbocycles. The maximum atomic E-state index is 10.9. The van der Waals surface area contributed by atoms with E-state index in [9.17, 15) is 4.79 Å². The third-order valence-electron chi connectivity index (χ3n) is 3.19. The van der Waals surface area contributed by atoms with Gasteiger partial charge in [0, 0.05) is 24.5 Å². The number of aromatic nitrogens is 1. The van der Waals surface area contributed by atoms with Crippen LogP contribution in [0.15, 0.2) is 17.3 Å². The summed E-state index contributed by atoms with van der Waals surface area (Å²) in [6, 6.07) is 0. The van der Waals surface area contributed by atoms with Crippen LogP contribution in [0.25, 0.3) is 0 Å². The fourth-order valence-corrected chi connectivity index (χ4v) is 3.55. The number of piperidine rings is 1. The van der Waals surface area contributed by atoms with Crippen LogP contribution in [0.5, 0.6) is 0 Å². The van der Waals surface area contributed by atoms with Crippen molar-refractivity contribution < 1.29 is 4.79 Å². The Morgan fingerprint density at radius 2 is 2.37 bits per heavy atom. The highest BCUT2D eigenvalue weighted by atomic mass is 79.9. The Balaban J connectivity index is 1.82. The molecular weight excluding hydrogens is 326 g/mol. The number of nitrogens with zero attached hydrogens (tertiary/aromatic N) is 2. The van der Waals surface area contributed by atoms with Crippen molar-refractivity contribution in [3.8, 4) is 0 Å². The minimum Gasteiger partial charge on any atom is -0.302 e. The fourth-order valence-electron chi connectivity index (χ4n) is 2.22. The van der Waals surface area contributed by atoms with E-state index in [0.29, 0.717) is 11.0 Å². The normalized spacial score (nSPS) is 18.0. The Morgan fingerprint density at radius 3 is 3.00 bits per heavy atom. The standard InChI is InChI=1S/C13H18BrN3OS/c1-10(18)16-13-15-8-12(19-13)9-17-6-3-11(2-5-14)4-7-17/h2,5,8,11H,3-4,6-7,9H2,1H3,(H,15,16,18). The Bertz CT molecular complexity index is 452. The lowest BCUT2D eigenvalue weighted by molar-refractivity contribution is -0.114. The van der Waals surface area contributed by atoms with Crippen molar-refractivity contribution in [3.63, 3.8) is 0 Å². The number of amides is 1. The molecular formula is C13H18BrN3OS. The van der Waals surface area contributed by atoms with Gasteiger partial charge in [-0.2, -0.15) is 0 Å². The molecule has 0 spiro atoms. The lowest BCUT2D eigenvalue weighted by atomic mass is 9.97. The molecule has 0 saturated carbocycles. The molecule has 0 aromatic carbocycles. The monoisotopic (exact) mass is 343 g/mol. The summed E-state index contributed by atoms with van der Waals surface area (Å²) in [5.74, 6) is 0.635. The van der Waals surface area contributed by atoms with Crippen molar-refractivity contribution >= 4 is 38.3 Å². The topological polar surface area (TPSA) is 45.2 Å². The third-order valence-corrected chi connectivity index (χ3v) is 4.40. The van der Waals surface area contributed by atoms with Crippen LogP contribution in [0.1, 0.15) is 24.6 Å². The van der Waals surface area contributed by atoms with Crippen LogP contribution in [0, 0.1) is 5.92 Å². The Hall–Kier alpha value is -0.720. The van der Waals surface area contributed by atoms with Crippen LogP contribution in [0.4, 0.5) is 5.13 Å². The zero-order valence-electron chi connectivity index (χ0n) is 10.9. The summed E-state index contributed by atoms with van der Waals surface area (Å²) in [5.41, 5.74) is 0. The number of hydrogen-bond donors (Lipinski definition) is 1. The molecule has 1 fully saturated rings. The molecule has 1 N–H and O–H groups in total. The highest BCUT2D eigenvalue weighted by Gasteiger charge is 2.18. The second-order valence-corrected chi connectivity index (χ2v) is 6.39. The van der Waals surface area contributed by atoms with Gasteiger partial charge in [0.2, 0.25) is 5.91 Å². The second kappa shape index (κ2) is 7.17. The molecule has 1 aliphatic heterocycles. The van der Waals surface area contributed by atoms with E-state index >= 15 is 0 Å². The molecule has 1 aromatic rings. The average molecular weight is 344 g/mol. The van der Waals surface area contributed by atoms with E-state index in [4.69, 9.17) is 0 Å². The zero-order valence-corrected chi connectivity index (χ0v) is 13.3. The number of likely N-dealkylation sites (tertiary alicyclic amines) is 1. The van der Waals surface area contributed by atoms with E-state index in [2.05, 4.69) is 37.2 Å². The molecule has 0 atom stereocenters. The molecule has 0 bridgehead atoms. The van der Waals surface area contributed by atoms with E-state index in [0.717, 1.165) is 19.6 Å². The number of nitrogens with one attached hydrogen (secondary N) is 1. The molecule has 0 unspecified atom stereocenters. The summed E-state index contributed by atoms with van der Waals surface area (Å²) in [6.45, 7) is 4.68. The summed E-state index contributed by atoms with van der Waals surface area (Å²) >= 11 is 4.90. The van der Waals surface area contributed by atoms with Crippen molar-refractivity contribution in [2.45, 2.75) is 26.3 Å². The molecule has 104 valence electrons. The van der Waals surface area contributed by atoms with Gasteiger partial charge >= 0.3 is 0 Å². The first-order valence-electron chi connectivity index (χ1n) is 6.39. The molecule has 19 heavy (non-hydrogen) atoms. The quantitative estimate of drug-likeness (QED) is 0.912. The molecule has 2 heterocycles. The summed E-state index contributed by atoms with van der Waals surface area (Å²) < 4.78 is 0. The van der Waals surface area contributed by atoms with Crippen LogP contribution in [0.3, 0.4) is 0 Å². The van der Waals surface area contributed by atoms with Gasteiger partial charge in [-0.1, -0.05) is 22.0 Å². The first-order valence-corrected chi connectivity index (χ1v) is 8.12. The van der Waals surface area contributed by atoms with Crippen molar-refractivity contribution in [2.24, 2.45) is 5.92 Å². The maximum absolute atomic E-state index is 10.9. The van der Waals surface area contributed by atoms with Crippen molar-refractivity contribution in [2.75, 3.05) is 18.4 Å². The molecule has 1 saturated heterocycles. The van der Waals surface area contributed by atoms with Gasteiger partial charge < -0.3 is 5.32 Å². The van der Waals surface area contributed by atoms with Crippen LogP contribution in [-0.4, -0.2) is 28.9 Å². The van der Waals surface area contributed by atoms with Gasteiger partial charge in [-0.3, -0.25) is 9.69 Å². The fraction of sp³-hybridized carbons (Fsp3) is 0.538. The van der Waals surface area contributed by atoms with E-state index in [1.807, 2.05) is 11.2 Å². The zero-order chi connectivity index (χ0) is 13.7. The highest BCUT2D eigenvalue weighted by molar-refractivity contribution is 9.11.